The maximum Gasteiger partial charge on any atom is 0.332 e. The Morgan fingerprint density at radius 1 is 1.30 bits per heavy atom. The molecule has 0 atom stereocenters. The molecule has 23 heavy (non-hydrogen) atoms. The molecule has 0 radical (unpaired) electrons. The van der Waals surface area contributed by atoms with Crippen molar-refractivity contribution in [2.45, 2.75) is 20.0 Å². The Hall–Kier alpha value is -2.25. The fourth-order valence-corrected chi connectivity index (χ4v) is 2.63. The average molecular weight is 334 g/mol. The second kappa shape index (κ2) is 8.40. The highest BCUT2D eigenvalue weighted by molar-refractivity contribution is 7.09. The number of benzene rings is 1. The van der Waals surface area contributed by atoms with Crippen LogP contribution in [0.2, 0.25) is 0 Å². The Balaban J connectivity index is 1.85. The van der Waals surface area contributed by atoms with E-state index in [0.29, 0.717) is 10.7 Å². The number of hydrogen-bond donors (Lipinski definition) is 1. The van der Waals surface area contributed by atoms with Gasteiger partial charge in [-0.3, -0.25) is 4.79 Å². The second-order valence-electron chi connectivity index (χ2n) is 4.87. The highest BCUT2D eigenvalue weighted by Gasteiger charge is 2.10. The SMILES string of the molecule is COCC(=O)OCc1csc(CC(=O)Nc2ccccc2C)n1. The number of nitrogens with one attached hydrogen (secondary N) is 1. The van der Waals surface area contributed by atoms with Gasteiger partial charge >= 0.3 is 5.97 Å². The molecule has 1 N–H and O–H groups in total. The zero-order chi connectivity index (χ0) is 16.7. The van der Waals surface area contributed by atoms with Crippen LogP contribution in [0.25, 0.3) is 0 Å². The molecule has 0 bridgehead atoms. The van der Waals surface area contributed by atoms with Crippen molar-refractivity contribution in [2.24, 2.45) is 0 Å². The van der Waals surface area contributed by atoms with Crippen LogP contribution >= 0.6 is 11.3 Å². The summed E-state index contributed by atoms with van der Waals surface area (Å²) in [5.74, 6) is -0.573. The minimum Gasteiger partial charge on any atom is -0.457 e. The van der Waals surface area contributed by atoms with Crippen molar-refractivity contribution in [3.05, 3.63) is 45.9 Å². The number of carbonyl (C=O) groups is 2. The van der Waals surface area contributed by atoms with Gasteiger partial charge in [-0.15, -0.1) is 11.3 Å². The number of methoxy groups -OCH3 is 1. The molecule has 0 saturated carbocycles. The van der Waals surface area contributed by atoms with Gasteiger partial charge in [-0.05, 0) is 18.6 Å². The van der Waals surface area contributed by atoms with E-state index >= 15 is 0 Å². The Bertz CT molecular complexity index is 684. The predicted molar refractivity (Wildman–Crippen MR) is 87.3 cm³/mol. The number of esters is 1. The van der Waals surface area contributed by atoms with Crippen LogP contribution in [0.5, 0.6) is 0 Å². The third-order valence-corrected chi connectivity index (χ3v) is 3.87. The van der Waals surface area contributed by atoms with Crippen LogP contribution < -0.4 is 5.32 Å². The lowest BCUT2D eigenvalue weighted by Crippen LogP contribution is -2.15. The maximum absolute atomic E-state index is 12.0. The first kappa shape index (κ1) is 17.1. The maximum atomic E-state index is 12.0. The molecule has 1 amide bonds. The molecule has 0 unspecified atom stereocenters. The minimum absolute atomic E-state index is 0.0815. The van der Waals surface area contributed by atoms with Crippen molar-refractivity contribution in [1.82, 2.24) is 4.98 Å². The standard InChI is InChI=1S/C16H18N2O4S/c1-11-5-3-4-6-13(11)18-14(19)7-15-17-12(10-23-15)8-22-16(20)9-21-2/h3-6,10H,7-9H2,1-2H3,(H,18,19). The van der Waals surface area contributed by atoms with E-state index in [1.165, 1.54) is 18.4 Å². The van der Waals surface area contributed by atoms with E-state index in [-0.39, 0.29) is 25.5 Å². The Morgan fingerprint density at radius 2 is 2.09 bits per heavy atom. The summed E-state index contributed by atoms with van der Waals surface area (Å²) in [6.45, 7) is 1.93. The van der Waals surface area contributed by atoms with E-state index in [9.17, 15) is 9.59 Å². The van der Waals surface area contributed by atoms with Crippen molar-refractivity contribution in [3.63, 3.8) is 0 Å². The number of hydrogen-bond acceptors (Lipinski definition) is 6. The molecule has 0 fully saturated rings. The van der Waals surface area contributed by atoms with Crippen molar-refractivity contribution >= 4 is 28.9 Å². The highest BCUT2D eigenvalue weighted by atomic mass is 32.1. The van der Waals surface area contributed by atoms with Crippen LogP contribution in [-0.2, 0) is 32.1 Å². The molecule has 7 heteroatoms. The molecule has 2 aromatic rings. The van der Waals surface area contributed by atoms with Gasteiger partial charge in [0.2, 0.25) is 5.91 Å². The normalized spacial score (nSPS) is 10.3. The summed E-state index contributed by atoms with van der Waals surface area (Å²) in [6.07, 6.45) is 0.186. The van der Waals surface area contributed by atoms with Crippen LogP contribution in [0, 0.1) is 6.92 Å². The van der Waals surface area contributed by atoms with Gasteiger partial charge in [0.1, 0.15) is 18.2 Å². The number of aromatic nitrogens is 1. The Kier molecular flexibility index (Phi) is 6.25. The third-order valence-electron chi connectivity index (χ3n) is 2.97. The average Bonchev–Trinajstić information content (AvgIpc) is 2.95. The molecule has 0 aliphatic heterocycles. The van der Waals surface area contributed by atoms with Gasteiger partial charge in [0.25, 0.3) is 0 Å². The Labute approximate surface area is 138 Å². The summed E-state index contributed by atoms with van der Waals surface area (Å²) in [7, 11) is 1.43. The molecule has 0 aliphatic carbocycles. The van der Waals surface area contributed by atoms with E-state index in [1.807, 2.05) is 31.2 Å². The van der Waals surface area contributed by atoms with Crippen molar-refractivity contribution in [2.75, 3.05) is 19.0 Å². The number of amides is 1. The molecule has 1 aromatic carbocycles. The number of ether oxygens (including phenoxy) is 2. The minimum atomic E-state index is -0.445. The van der Waals surface area contributed by atoms with Gasteiger partial charge in [-0.2, -0.15) is 0 Å². The first-order chi connectivity index (χ1) is 11.1. The molecule has 0 spiro atoms. The lowest BCUT2D eigenvalue weighted by atomic mass is 10.2. The van der Waals surface area contributed by atoms with Gasteiger partial charge in [-0.1, -0.05) is 18.2 Å². The lowest BCUT2D eigenvalue weighted by molar-refractivity contribution is -0.149. The van der Waals surface area contributed by atoms with E-state index in [2.05, 4.69) is 15.0 Å². The van der Waals surface area contributed by atoms with Crippen molar-refractivity contribution in [3.8, 4) is 0 Å². The number of anilines is 1. The van der Waals surface area contributed by atoms with Crippen LogP contribution in [0.15, 0.2) is 29.6 Å². The zero-order valence-corrected chi connectivity index (χ0v) is 13.8. The number of rotatable bonds is 7. The van der Waals surface area contributed by atoms with Crippen LogP contribution in [0.3, 0.4) is 0 Å². The number of para-hydroxylation sites is 1. The van der Waals surface area contributed by atoms with Crippen LogP contribution in [-0.4, -0.2) is 30.6 Å². The molecular weight excluding hydrogens is 316 g/mol. The first-order valence-electron chi connectivity index (χ1n) is 7.02. The van der Waals surface area contributed by atoms with E-state index < -0.39 is 5.97 Å². The van der Waals surface area contributed by atoms with Gasteiger partial charge < -0.3 is 14.8 Å². The lowest BCUT2D eigenvalue weighted by Gasteiger charge is -2.06. The first-order valence-corrected chi connectivity index (χ1v) is 7.89. The van der Waals surface area contributed by atoms with E-state index in [4.69, 9.17) is 4.74 Å². The van der Waals surface area contributed by atoms with Crippen molar-refractivity contribution in [1.29, 1.82) is 0 Å². The largest absolute Gasteiger partial charge is 0.457 e. The molecule has 0 saturated heterocycles. The van der Waals surface area contributed by atoms with Gasteiger partial charge in [0, 0.05) is 18.2 Å². The van der Waals surface area contributed by atoms with Gasteiger partial charge in [0.15, 0.2) is 0 Å². The van der Waals surface area contributed by atoms with Gasteiger partial charge in [-0.25, -0.2) is 9.78 Å². The van der Waals surface area contributed by atoms with E-state index in [0.717, 1.165) is 11.3 Å². The summed E-state index contributed by atoms with van der Waals surface area (Å²) in [4.78, 5) is 27.5. The third kappa shape index (κ3) is 5.46. The molecule has 1 aromatic heterocycles. The number of nitrogens with zero attached hydrogens (tertiary/aromatic N) is 1. The summed E-state index contributed by atoms with van der Waals surface area (Å²) >= 11 is 1.36. The van der Waals surface area contributed by atoms with Crippen LogP contribution in [0.4, 0.5) is 5.69 Å². The highest BCUT2D eigenvalue weighted by Crippen LogP contribution is 2.15. The summed E-state index contributed by atoms with van der Waals surface area (Å²) in [6, 6.07) is 7.59. The fourth-order valence-electron chi connectivity index (χ4n) is 1.86. The van der Waals surface area contributed by atoms with Gasteiger partial charge in [0.05, 0.1) is 12.1 Å². The number of aryl methyl sites for hydroxylation is 1. The summed E-state index contributed by atoms with van der Waals surface area (Å²) in [5, 5.41) is 5.31. The monoisotopic (exact) mass is 334 g/mol. The smallest absolute Gasteiger partial charge is 0.332 e. The van der Waals surface area contributed by atoms with Crippen molar-refractivity contribution < 1.29 is 19.1 Å². The molecule has 1 heterocycles. The molecular formula is C16H18N2O4S. The molecule has 122 valence electrons. The molecule has 2 rings (SSSR count). The second-order valence-corrected chi connectivity index (χ2v) is 5.81. The summed E-state index contributed by atoms with van der Waals surface area (Å²) in [5.41, 5.74) is 2.42. The molecule has 6 nitrogen and oxygen atoms in total. The van der Waals surface area contributed by atoms with Crippen LogP contribution in [0.1, 0.15) is 16.3 Å². The summed E-state index contributed by atoms with van der Waals surface area (Å²) < 4.78 is 9.65. The number of thiazole rings is 1. The Morgan fingerprint density at radius 3 is 2.83 bits per heavy atom. The van der Waals surface area contributed by atoms with E-state index in [1.54, 1.807) is 5.38 Å². The topological polar surface area (TPSA) is 77.5 Å². The predicted octanol–water partition coefficient (Wildman–Crippen LogP) is 2.32. The fraction of sp³-hybridized carbons (Fsp3) is 0.312. The zero-order valence-electron chi connectivity index (χ0n) is 13.0. The molecule has 0 aliphatic rings. The number of carbonyl (C=O) groups excluding carboxylic acids is 2. The quantitative estimate of drug-likeness (QED) is 0.786.